The third kappa shape index (κ3) is 7.08. The normalized spacial score (nSPS) is 15.9. The Balaban J connectivity index is 0.00000242. The predicted octanol–water partition coefficient (Wildman–Crippen LogP) is 3.63. The number of carbonyl (C=O) groups excluding carboxylic acids is 1. The molecule has 4 nitrogen and oxygen atoms in total. The molecule has 1 aromatic carbocycles. The monoisotopic (exact) mass is 361 g/mol. The van der Waals surface area contributed by atoms with Gasteiger partial charge in [0.1, 0.15) is 0 Å². The average Bonchev–Trinajstić information content (AvgIpc) is 2.50. The van der Waals surface area contributed by atoms with Crippen molar-refractivity contribution in [2.24, 2.45) is 0 Å². The van der Waals surface area contributed by atoms with E-state index in [4.69, 9.17) is 0 Å². The molecular weight excluding hydrogens is 333 g/mol. The molecule has 0 saturated carbocycles. The number of amides is 1. The highest BCUT2D eigenvalue weighted by molar-refractivity contribution is 5.88. The summed E-state index contributed by atoms with van der Waals surface area (Å²) >= 11 is 0. The van der Waals surface area contributed by atoms with Crippen LogP contribution in [0.1, 0.15) is 44.7 Å². The fourth-order valence-electron chi connectivity index (χ4n) is 2.94. The van der Waals surface area contributed by atoms with Crippen LogP contribution in [0.3, 0.4) is 0 Å². The van der Waals surface area contributed by atoms with Crippen LogP contribution in [0.2, 0.25) is 0 Å². The summed E-state index contributed by atoms with van der Waals surface area (Å²) in [6, 6.07) is 8.84. The summed E-state index contributed by atoms with van der Waals surface area (Å²) in [5, 5.41) is 6.25. The number of hydrogen-bond acceptors (Lipinski definition) is 3. The van der Waals surface area contributed by atoms with Gasteiger partial charge in [-0.05, 0) is 24.1 Å². The predicted molar refractivity (Wildman–Crippen MR) is 102 cm³/mol. The van der Waals surface area contributed by atoms with E-state index in [-0.39, 0.29) is 30.7 Å². The Morgan fingerprint density at radius 2 is 1.83 bits per heavy atom. The summed E-state index contributed by atoms with van der Waals surface area (Å²) in [5.41, 5.74) is 2.24. The van der Waals surface area contributed by atoms with Crippen molar-refractivity contribution in [3.8, 4) is 0 Å². The first-order valence-corrected chi connectivity index (χ1v) is 8.03. The van der Waals surface area contributed by atoms with Gasteiger partial charge in [0.25, 0.3) is 0 Å². The number of anilines is 1. The van der Waals surface area contributed by atoms with E-state index in [1.165, 1.54) is 24.8 Å². The Labute approximate surface area is 152 Å². The molecular formula is C17H29Cl2N3O. The second kappa shape index (κ2) is 11.7. The lowest BCUT2D eigenvalue weighted by Crippen LogP contribution is -2.45. The molecule has 1 aromatic rings. The lowest BCUT2D eigenvalue weighted by atomic mass is 9.98. The number of piperazine rings is 1. The topological polar surface area (TPSA) is 44.4 Å². The summed E-state index contributed by atoms with van der Waals surface area (Å²) in [4.78, 5) is 13.7. The Bertz CT molecular complexity index is 448. The van der Waals surface area contributed by atoms with Gasteiger partial charge in [0.15, 0.2) is 0 Å². The maximum Gasteiger partial charge on any atom is 0.221 e. The molecule has 0 aromatic heterocycles. The highest BCUT2D eigenvalue weighted by Crippen LogP contribution is 2.27. The van der Waals surface area contributed by atoms with Crippen molar-refractivity contribution in [2.45, 2.75) is 39.2 Å². The van der Waals surface area contributed by atoms with E-state index < -0.39 is 0 Å². The van der Waals surface area contributed by atoms with Crippen LogP contribution in [0, 0.1) is 0 Å². The minimum atomic E-state index is -0.0209. The van der Waals surface area contributed by atoms with Crippen LogP contribution in [-0.4, -0.2) is 37.0 Å². The van der Waals surface area contributed by atoms with Crippen LogP contribution in [0.25, 0.3) is 0 Å². The molecule has 1 amide bonds. The minimum absolute atomic E-state index is 0. The van der Waals surface area contributed by atoms with Crippen LogP contribution >= 0.6 is 24.8 Å². The van der Waals surface area contributed by atoms with Gasteiger partial charge in [-0.25, -0.2) is 0 Å². The summed E-state index contributed by atoms with van der Waals surface area (Å²) in [7, 11) is 0. The number of hydrogen-bond donors (Lipinski definition) is 2. The molecule has 23 heavy (non-hydrogen) atoms. The van der Waals surface area contributed by atoms with E-state index in [9.17, 15) is 4.79 Å². The zero-order valence-corrected chi connectivity index (χ0v) is 15.6. The van der Waals surface area contributed by atoms with E-state index >= 15 is 0 Å². The first kappa shape index (κ1) is 22.2. The van der Waals surface area contributed by atoms with Gasteiger partial charge in [-0.2, -0.15) is 0 Å². The summed E-state index contributed by atoms with van der Waals surface area (Å²) in [5.74, 6) is -0.0209. The molecule has 6 heteroatoms. The van der Waals surface area contributed by atoms with Gasteiger partial charge in [-0.15, -0.1) is 24.8 Å². The number of rotatable bonds is 6. The van der Waals surface area contributed by atoms with Crippen molar-refractivity contribution in [2.75, 3.05) is 31.5 Å². The number of unbranched alkanes of at least 4 members (excludes halogenated alkanes) is 1. The molecule has 2 N–H and O–H groups in total. The number of nitrogens with one attached hydrogen (secondary N) is 2. The van der Waals surface area contributed by atoms with Gasteiger partial charge in [0, 0.05) is 44.8 Å². The molecule has 1 fully saturated rings. The van der Waals surface area contributed by atoms with Gasteiger partial charge in [-0.1, -0.05) is 31.9 Å². The van der Waals surface area contributed by atoms with Crippen LogP contribution in [0.4, 0.5) is 5.69 Å². The number of halogens is 2. The van der Waals surface area contributed by atoms with Gasteiger partial charge in [0.2, 0.25) is 5.91 Å². The van der Waals surface area contributed by atoms with Gasteiger partial charge < -0.3 is 10.6 Å². The zero-order chi connectivity index (χ0) is 15.1. The summed E-state index contributed by atoms with van der Waals surface area (Å²) in [6.45, 7) is 8.16. The highest BCUT2D eigenvalue weighted by atomic mass is 35.5. The molecule has 1 aliphatic rings. The lowest BCUT2D eigenvalue weighted by Gasteiger charge is -2.35. The van der Waals surface area contributed by atoms with E-state index in [1.54, 1.807) is 6.92 Å². The molecule has 1 saturated heterocycles. The Morgan fingerprint density at radius 1 is 1.22 bits per heavy atom. The Kier molecular flexibility index (Phi) is 11.3. The third-order valence-corrected chi connectivity index (χ3v) is 4.04. The molecule has 0 unspecified atom stereocenters. The van der Waals surface area contributed by atoms with Crippen molar-refractivity contribution < 1.29 is 4.79 Å². The second-order valence-electron chi connectivity index (χ2n) is 5.75. The van der Waals surface area contributed by atoms with Crippen molar-refractivity contribution in [1.82, 2.24) is 10.2 Å². The molecule has 0 aliphatic carbocycles. The van der Waals surface area contributed by atoms with Crippen molar-refractivity contribution in [3.05, 3.63) is 29.8 Å². The second-order valence-corrected chi connectivity index (χ2v) is 5.75. The fraction of sp³-hybridized carbons (Fsp3) is 0.588. The van der Waals surface area contributed by atoms with Crippen molar-refractivity contribution in [1.29, 1.82) is 0 Å². The molecule has 2 rings (SSSR count). The third-order valence-electron chi connectivity index (χ3n) is 4.04. The largest absolute Gasteiger partial charge is 0.326 e. The first-order valence-electron chi connectivity index (χ1n) is 8.03. The standard InChI is InChI=1S/C17H27N3O.2ClH/c1-3-4-5-17(20-12-10-18-11-13-20)15-6-8-16(9-7-15)19-14(2)21;;/h6-9,17-18H,3-5,10-13H2,1-2H3,(H,19,21);2*1H/t17-;;/m0../s1. The number of benzene rings is 1. The lowest BCUT2D eigenvalue weighted by molar-refractivity contribution is -0.114. The molecule has 0 bridgehead atoms. The van der Waals surface area contributed by atoms with Crippen molar-refractivity contribution in [3.63, 3.8) is 0 Å². The van der Waals surface area contributed by atoms with E-state index in [0.717, 1.165) is 31.9 Å². The fourth-order valence-corrected chi connectivity index (χ4v) is 2.94. The van der Waals surface area contributed by atoms with E-state index in [2.05, 4.69) is 34.6 Å². The molecule has 132 valence electrons. The Hall–Kier alpha value is -0.810. The van der Waals surface area contributed by atoms with Crippen LogP contribution in [0.5, 0.6) is 0 Å². The number of nitrogens with zero attached hydrogens (tertiary/aromatic N) is 1. The summed E-state index contributed by atoms with van der Waals surface area (Å²) < 4.78 is 0. The number of carbonyl (C=O) groups is 1. The van der Waals surface area contributed by atoms with Gasteiger partial charge in [0.05, 0.1) is 0 Å². The smallest absolute Gasteiger partial charge is 0.221 e. The molecule has 0 radical (unpaired) electrons. The average molecular weight is 362 g/mol. The molecule has 1 heterocycles. The maximum atomic E-state index is 11.1. The van der Waals surface area contributed by atoms with E-state index in [0.29, 0.717) is 6.04 Å². The highest BCUT2D eigenvalue weighted by Gasteiger charge is 2.21. The van der Waals surface area contributed by atoms with Crippen LogP contribution in [0.15, 0.2) is 24.3 Å². The first-order chi connectivity index (χ1) is 10.2. The Morgan fingerprint density at radius 3 is 2.35 bits per heavy atom. The van der Waals surface area contributed by atoms with E-state index in [1.807, 2.05) is 12.1 Å². The van der Waals surface area contributed by atoms with Gasteiger partial charge in [-0.3, -0.25) is 9.69 Å². The maximum absolute atomic E-state index is 11.1. The zero-order valence-electron chi connectivity index (χ0n) is 14.0. The molecule has 1 aliphatic heterocycles. The van der Waals surface area contributed by atoms with Crippen LogP contribution < -0.4 is 10.6 Å². The summed E-state index contributed by atoms with van der Waals surface area (Å²) in [6.07, 6.45) is 3.69. The van der Waals surface area contributed by atoms with Gasteiger partial charge >= 0.3 is 0 Å². The SMILES string of the molecule is CCCC[C@@H](c1ccc(NC(C)=O)cc1)N1CCNCC1.Cl.Cl. The minimum Gasteiger partial charge on any atom is -0.326 e. The quantitative estimate of drug-likeness (QED) is 0.812. The molecule has 1 atom stereocenters. The van der Waals surface area contributed by atoms with Crippen molar-refractivity contribution >= 4 is 36.4 Å². The van der Waals surface area contributed by atoms with Crippen LogP contribution in [-0.2, 0) is 4.79 Å². The molecule has 0 spiro atoms.